The van der Waals surface area contributed by atoms with E-state index in [0.29, 0.717) is 12.0 Å². The molecule has 1 aliphatic rings. The van der Waals surface area contributed by atoms with Gasteiger partial charge in [-0.15, -0.1) is 0 Å². The molecule has 1 aromatic heterocycles. The first-order valence-electron chi connectivity index (χ1n) is 5.91. The van der Waals surface area contributed by atoms with Crippen LogP contribution in [-0.2, 0) is 0 Å². The van der Waals surface area contributed by atoms with E-state index >= 15 is 0 Å². The smallest absolute Gasteiger partial charge is 0.122 e. The van der Waals surface area contributed by atoms with Crippen LogP contribution in [0.15, 0.2) is 6.07 Å². The number of anilines is 1. The Morgan fingerprint density at radius 3 is 2.73 bits per heavy atom. The molecule has 84 valence electrons. The molecule has 0 aliphatic heterocycles. The van der Waals surface area contributed by atoms with Gasteiger partial charge in [0.15, 0.2) is 0 Å². The van der Waals surface area contributed by atoms with Crippen molar-refractivity contribution in [2.45, 2.75) is 46.1 Å². The fraction of sp³-hybridized carbons (Fsp3) is 0.750. The molecular weight excluding hydrogens is 186 g/mol. The number of hydrogen-bond donors (Lipinski definition) is 1. The number of aromatic nitrogens is 2. The number of hydrogen-bond acceptors (Lipinski definition) is 2. The monoisotopic (exact) mass is 207 g/mol. The van der Waals surface area contributed by atoms with E-state index < -0.39 is 0 Å². The summed E-state index contributed by atoms with van der Waals surface area (Å²) in [7, 11) is 0. The minimum atomic E-state index is 0.502. The van der Waals surface area contributed by atoms with Crippen molar-refractivity contribution in [1.82, 2.24) is 9.78 Å². The highest BCUT2D eigenvalue weighted by Gasteiger charge is 2.29. The molecule has 1 aromatic rings. The molecule has 0 aromatic carbocycles. The predicted molar refractivity (Wildman–Crippen MR) is 62.6 cm³/mol. The lowest BCUT2D eigenvalue weighted by molar-refractivity contribution is 0.176. The summed E-state index contributed by atoms with van der Waals surface area (Å²) in [4.78, 5) is 0. The fourth-order valence-corrected chi connectivity index (χ4v) is 2.70. The molecule has 0 spiro atoms. The van der Waals surface area contributed by atoms with Gasteiger partial charge >= 0.3 is 0 Å². The van der Waals surface area contributed by atoms with E-state index in [1.807, 2.05) is 17.7 Å². The van der Waals surface area contributed by atoms with Crippen LogP contribution >= 0.6 is 0 Å². The number of nitrogens with two attached hydrogens (primary N) is 1. The average molecular weight is 207 g/mol. The van der Waals surface area contributed by atoms with Gasteiger partial charge in [-0.25, -0.2) is 4.68 Å². The van der Waals surface area contributed by atoms with E-state index in [4.69, 9.17) is 5.73 Å². The molecule has 1 saturated carbocycles. The van der Waals surface area contributed by atoms with Crippen LogP contribution in [0.4, 0.5) is 5.82 Å². The second-order valence-corrected chi connectivity index (χ2v) is 4.99. The number of rotatable bonds is 1. The van der Waals surface area contributed by atoms with Crippen LogP contribution in [0, 0.1) is 18.8 Å². The average Bonchev–Trinajstić information content (AvgIpc) is 2.50. The molecule has 3 heteroatoms. The van der Waals surface area contributed by atoms with E-state index in [0.717, 1.165) is 17.4 Å². The van der Waals surface area contributed by atoms with Crippen molar-refractivity contribution in [3.63, 3.8) is 0 Å². The Hall–Kier alpha value is -0.990. The lowest BCUT2D eigenvalue weighted by Crippen LogP contribution is -2.28. The molecule has 1 fully saturated rings. The minimum absolute atomic E-state index is 0.502. The third-order valence-electron chi connectivity index (χ3n) is 3.86. The molecule has 0 radical (unpaired) electrons. The maximum atomic E-state index is 5.98. The van der Waals surface area contributed by atoms with Crippen LogP contribution in [0.1, 0.15) is 44.8 Å². The molecule has 0 amide bonds. The minimum Gasteiger partial charge on any atom is -0.384 e. The van der Waals surface area contributed by atoms with E-state index in [-0.39, 0.29) is 0 Å². The van der Waals surface area contributed by atoms with Crippen molar-refractivity contribution in [1.29, 1.82) is 0 Å². The molecule has 0 saturated heterocycles. The van der Waals surface area contributed by atoms with Crippen LogP contribution in [-0.4, -0.2) is 9.78 Å². The highest BCUT2D eigenvalue weighted by Crippen LogP contribution is 2.38. The largest absolute Gasteiger partial charge is 0.384 e. The predicted octanol–water partition coefficient (Wildman–Crippen LogP) is 2.77. The van der Waals surface area contributed by atoms with Crippen molar-refractivity contribution >= 4 is 5.82 Å². The molecule has 3 nitrogen and oxygen atoms in total. The van der Waals surface area contributed by atoms with E-state index in [9.17, 15) is 0 Å². The van der Waals surface area contributed by atoms with Crippen LogP contribution in [0.3, 0.4) is 0 Å². The highest BCUT2D eigenvalue weighted by molar-refractivity contribution is 5.31. The highest BCUT2D eigenvalue weighted by atomic mass is 15.3. The maximum absolute atomic E-state index is 5.98. The van der Waals surface area contributed by atoms with E-state index in [2.05, 4.69) is 18.9 Å². The van der Waals surface area contributed by atoms with Gasteiger partial charge in [0.1, 0.15) is 5.82 Å². The molecule has 2 N–H and O–H groups in total. The second-order valence-electron chi connectivity index (χ2n) is 4.99. The first-order valence-corrected chi connectivity index (χ1v) is 5.91. The zero-order chi connectivity index (χ0) is 11.0. The third kappa shape index (κ3) is 1.87. The van der Waals surface area contributed by atoms with Gasteiger partial charge < -0.3 is 5.73 Å². The van der Waals surface area contributed by atoms with Crippen molar-refractivity contribution < 1.29 is 0 Å². The quantitative estimate of drug-likeness (QED) is 0.769. The molecule has 3 atom stereocenters. The molecule has 0 bridgehead atoms. The summed E-state index contributed by atoms with van der Waals surface area (Å²) in [6.07, 6.45) is 3.86. The van der Waals surface area contributed by atoms with Gasteiger partial charge in [0, 0.05) is 6.07 Å². The lowest BCUT2D eigenvalue weighted by Gasteiger charge is -2.34. The molecule has 15 heavy (non-hydrogen) atoms. The Morgan fingerprint density at radius 1 is 1.40 bits per heavy atom. The van der Waals surface area contributed by atoms with Gasteiger partial charge in [-0.1, -0.05) is 26.7 Å². The summed E-state index contributed by atoms with van der Waals surface area (Å²) < 4.78 is 2.04. The first-order chi connectivity index (χ1) is 7.09. The van der Waals surface area contributed by atoms with Crippen LogP contribution in [0.5, 0.6) is 0 Å². The number of nitrogens with zero attached hydrogens (tertiary/aromatic N) is 2. The molecule has 1 aliphatic carbocycles. The summed E-state index contributed by atoms with van der Waals surface area (Å²) in [6, 6.07) is 2.47. The van der Waals surface area contributed by atoms with Gasteiger partial charge in [0.2, 0.25) is 0 Å². The zero-order valence-electron chi connectivity index (χ0n) is 9.90. The topological polar surface area (TPSA) is 43.8 Å². The van der Waals surface area contributed by atoms with Crippen LogP contribution in [0.25, 0.3) is 0 Å². The summed E-state index contributed by atoms with van der Waals surface area (Å²) >= 11 is 0. The van der Waals surface area contributed by atoms with Crippen molar-refractivity contribution in [2.24, 2.45) is 11.8 Å². The van der Waals surface area contributed by atoms with Crippen molar-refractivity contribution in [3.05, 3.63) is 11.8 Å². The molecule has 1 heterocycles. The molecule has 3 unspecified atom stereocenters. The van der Waals surface area contributed by atoms with Gasteiger partial charge in [-0.3, -0.25) is 0 Å². The summed E-state index contributed by atoms with van der Waals surface area (Å²) in [5.41, 5.74) is 7.01. The summed E-state index contributed by atoms with van der Waals surface area (Å²) in [5, 5.41) is 4.51. The van der Waals surface area contributed by atoms with Crippen LogP contribution in [0.2, 0.25) is 0 Å². The normalized spacial score (nSPS) is 31.8. The Kier molecular flexibility index (Phi) is 2.72. The Labute approximate surface area is 91.7 Å². The van der Waals surface area contributed by atoms with Crippen molar-refractivity contribution in [3.8, 4) is 0 Å². The lowest BCUT2D eigenvalue weighted by atomic mass is 9.78. The molecule has 2 rings (SSSR count). The van der Waals surface area contributed by atoms with Gasteiger partial charge in [-0.05, 0) is 25.2 Å². The second kappa shape index (κ2) is 3.87. The van der Waals surface area contributed by atoms with Crippen LogP contribution < -0.4 is 5.73 Å². The Morgan fingerprint density at radius 2 is 2.13 bits per heavy atom. The van der Waals surface area contributed by atoms with Gasteiger partial charge in [0.05, 0.1) is 11.7 Å². The Balaban J connectivity index is 2.25. The number of aryl methyl sites for hydroxylation is 1. The fourth-order valence-electron chi connectivity index (χ4n) is 2.70. The Bertz CT molecular complexity index is 343. The van der Waals surface area contributed by atoms with Gasteiger partial charge in [-0.2, -0.15) is 5.10 Å². The van der Waals surface area contributed by atoms with E-state index in [1.54, 1.807) is 0 Å². The standard InChI is InChI=1S/C12H21N3/c1-8-5-4-6-11(10(8)3)15-12(13)7-9(2)14-15/h7-8,10-11H,4-6,13H2,1-3H3. The van der Waals surface area contributed by atoms with Crippen molar-refractivity contribution in [2.75, 3.05) is 5.73 Å². The number of nitrogen functional groups attached to an aromatic ring is 1. The molecular formula is C12H21N3. The SMILES string of the molecule is Cc1cc(N)n(C2CCCC(C)C2C)n1. The first kappa shape index (κ1) is 10.5. The van der Waals surface area contributed by atoms with Gasteiger partial charge in [0.25, 0.3) is 0 Å². The third-order valence-corrected chi connectivity index (χ3v) is 3.86. The van der Waals surface area contributed by atoms with E-state index in [1.165, 1.54) is 19.3 Å². The zero-order valence-corrected chi connectivity index (χ0v) is 9.90. The maximum Gasteiger partial charge on any atom is 0.122 e. The summed E-state index contributed by atoms with van der Waals surface area (Å²) in [5.74, 6) is 2.28. The summed E-state index contributed by atoms with van der Waals surface area (Å²) in [6.45, 7) is 6.66.